The number of aliphatic hydroxyl groups excluding tert-OH is 1. The molecular weight excluding hydrogens is 212 g/mol. The highest BCUT2D eigenvalue weighted by molar-refractivity contribution is 5.55. The van der Waals surface area contributed by atoms with Crippen molar-refractivity contribution in [3.63, 3.8) is 0 Å². The third-order valence-electron chi connectivity index (χ3n) is 2.78. The van der Waals surface area contributed by atoms with E-state index in [9.17, 15) is 5.11 Å². The smallest absolute Gasteiger partial charge is 0.159 e. The van der Waals surface area contributed by atoms with Crippen LogP contribution in [0.4, 0.5) is 0 Å². The Morgan fingerprint density at radius 2 is 1.76 bits per heavy atom. The molecule has 0 aliphatic heterocycles. The summed E-state index contributed by atoms with van der Waals surface area (Å²) in [4.78, 5) is 8.71. The van der Waals surface area contributed by atoms with Crippen molar-refractivity contribution in [2.24, 2.45) is 0 Å². The third kappa shape index (κ3) is 2.50. The standard InChI is InChI=1S/C14H16N2O/c1-9-4-6-12(7-5-9)14-15-8-13(11(3)17)10(2)16-14/h4-8,11,17H,1-3H3/t11-/m1/s1. The maximum Gasteiger partial charge on any atom is 0.159 e. The summed E-state index contributed by atoms with van der Waals surface area (Å²) in [6.07, 6.45) is 1.17. The Balaban J connectivity index is 2.41. The Bertz CT molecular complexity index is 518. The molecule has 1 aromatic carbocycles. The summed E-state index contributed by atoms with van der Waals surface area (Å²) in [7, 11) is 0. The summed E-state index contributed by atoms with van der Waals surface area (Å²) in [5.74, 6) is 0.701. The zero-order valence-corrected chi connectivity index (χ0v) is 10.3. The molecule has 0 fully saturated rings. The van der Waals surface area contributed by atoms with Gasteiger partial charge in [-0.15, -0.1) is 0 Å². The average molecular weight is 228 g/mol. The van der Waals surface area contributed by atoms with Crippen LogP contribution in [0.3, 0.4) is 0 Å². The molecule has 0 saturated heterocycles. The predicted octanol–water partition coefficient (Wildman–Crippen LogP) is 2.81. The van der Waals surface area contributed by atoms with Gasteiger partial charge in [0.15, 0.2) is 5.82 Å². The van der Waals surface area contributed by atoms with E-state index in [1.807, 2.05) is 38.1 Å². The SMILES string of the molecule is Cc1ccc(-c2ncc([C@@H](C)O)c(C)n2)cc1. The number of aliphatic hydroxyl groups is 1. The van der Waals surface area contributed by atoms with Gasteiger partial charge < -0.3 is 5.11 Å². The fraction of sp³-hybridized carbons (Fsp3) is 0.286. The van der Waals surface area contributed by atoms with Gasteiger partial charge in [0.2, 0.25) is 0 Å². The molecule has 0 bridgehead atoms. The minimum absolute atomic E-state index is 0.526. The highest BCUT2D eigenvalue weighted by Gasteiger charge is 2.08. The second-order valence-electron chi connectivity index (χ2n) is 4.28. The molecule has 1 heterocycles. The highest BCUT2D eigenvalue weighted by atomic mass is 16.3. The average Bonchev–Trinajstić information content (AvgIpc) is 2.29. The van der Waals surface area contributed by atoms with Crippen LogP contribution < -0.4 is 0 Å². The Kier molecular flexibility index (Phi) is 3.20. The molecule has 0 aliphatic rings. The van der Waals surface area contributed by atoms with E-state index in [1.54, 1.807) is 13.1 Å². The summed E-state index contributed by atoms with van der Waals surface area (Å²) in [5.41, 5.74) is 3.81. The van der Waals surface area contributed by atoms with Gasteiger partial charge in [-0.25, -0.2) is 9.97 Å². The summed E-state index contributed by atoms with van der Waals surface area (Å²) in [5, 5.41) is 9.52. The molecule has 0 aliphatic carbocycles. The lowest BCUT2D eigenvalue weighted by Crippen LogP contribution is -2.01. The molecule has 3 nitrogen and oxygen atoms in total. The van der Waals surface area contributed by atoms with Crippen molar-refractivity contribution in [1.29, 1.82) is 0 Å². The number of nitrogens with zero attached hydrogens (tertiary/aromatic N) is 2. The van der Waals surface area contributed by atoms with E-state index in [2.05, 4.69) is 9.97 Å². The lowest BCUT2D eigenvalue weighted by Gasteiger charge is -2.09. The van der Waals surface area contributed by atoms with E-state index in [0.717, 1.165) is 16.8 Å². The van der Waals surface area contributed by atoms with Crippen molar-refractivity contribution < 1.29 is 5.11 Å². The Labute approximate surface area is 101 Å². The van der Waals surface area contributed by atoms with Crippen LogP contribution >= 0.6 is 0 Å². The zero-order chi connectivity index (χ0) is 12.4. The minimum atomic E-state index is -0.526. The van der Waals surface area contributed by atoms with Gasteiger partial charge >= 0.3 is 0 Å². The van der Waals surface area contributed by atoms with E-state index in [4.69, 9.17) is 0 Å². The van der Waals surface area contributed by atoms with E-state index in [1.165, 1.54) is 5.56 Å². The lowest BCUT2D eigenvalue weighted by molar-refractivity contribution is 0.197. The van der Waals surface area contributed by atoms with E-state index in [0.29, 0.717) is 5.82 Å². The van der Waals surface area contributed by atoms with Gasteiger partial charge in [-0.2, -0.15) is 0 Å². The van der Waals surface area contributed by atoms with Crippen LogP contribution in [0, 0.1) is 13.8 Å². The number of aromatic nitrogens is 2. The van der Waals surface area contributed by atoms with Crippen molar-refractivity contribution in [1.82, 2.24) is 9.97 Å². The largest absolute Gasteiger partial charge is 0.389 e. The first-order valence-corrected chi connectivity index (χ1v) is 5.66. The van der Waals surface area contributed by atoms with Gasteiger partial charge in [-0.3, -0.25) is 0 Å². The summed E-state index contributed by atoms with van der Waals surface area (Å²) >= 11 is 0. The van der Waals surface area contributed by atoms with Crippen molar-refractivity contribution in [3.8, 4) is 11.4 Å². The van der Waals surface area contributed by atoms with Crippen LogP contribution in [-0.2, 0) is 0 Å². The fourth-order valence-electron chi connectivity index (χ4n) is 1.73. The first kappa shape index (κ1) is 11.7. The van der Waals surface area contributed by atoms with Crippen molar-refractivity contribution in [2.45, 2.75) is 26.9 Å². The van der Waals surface area contributed by atoms with E-state index < -0.39 is 6.10 Å². The zero-order valence-electron chi connectivity index (χ0n) is 10.3. The minimum Gasteiger partial charge on any atom is -0.389 e. The van der Waals surface area contributed by atoms with Crippen LogP contribution in [-0.4, -0.2) is 15.1 Å². The number of hydrogen-bond acceptors (Lipinski definition) is 3. The van der Waals surface area contributed by atoms with Gasteiger partial charge in [0.05, 0.1) is 6.10 Å². The van der Waals surface area contributed by atoms with Crippen LogP contribution in [0.15, 0.2) is 30.5 Å². The number of rotatable bonds is 2. The number of hydrogen-bond donors (Lipinski definition) is 1. The van der Waals surface area contributed by atoms with Gasteiger partial charge in [0.25, 0.3) is 0 Å². The maximum atomic E-state index is 9.52. The van der Waals surface area contributed by atoms with Crippen LogP contribution in [0.5, 0.6) is 0 Å². The molecule has 3 heteroatoms. The molecule has 17 heavy (non-hydrogen) atoms. The number of aryl methyl sites for hydroxylation is 2. The first-order chi connectivity index (χ1) is 8.08. The predicted molar refractivity (Wildman–Crippen MR) is 67.6 cm³/mol. The summed E-state index contributed by atoms with van der Waals surface area (Å²) in [6, 6.07) is 8.09. The molecule has 0 amide bonds. The summed E-state index contributed by atoms with van der Waals surface area (Å²) < 4.78 is 0. The van der Waals surface area contributed by atoms with Gasteiger partial charge in [-0.1, -0.05) is 29.8 Å². The van der Waals surface area contributed by atoms with E-state index >= 15 is 0 Å². The van der Waals surface area contributed by atoms with Gasteiger partial charge in [0.1, 0.15) is 0 Å². The maximum absolute atomic E-state index is 9.52. The highest BCUT2D eigenvalue weighted by Crippen LogP contribution is 2.19. The Morgan fingerprint density at radius 3 is 2.29 bits per heavy atom. The van der Waals surface area contributed by atoms with Crippen LogP contribution in [0.25, 0.3) is 11.4 Å². The summed E-state index contributed by atoms with van der Waals surface area (Å²) in [6.45, 7) is 5.66. The normalized spacial score (nSPS) is 12.5. The Morgan fingerprint density at radius 1 is 1.12 bits per heavy atom. The van der Waals surface area contributed by atoms with Crippen LogP contribution in [0.2, 0.25) is 0 Å². The molecule has 2 rings (SSSR count). The molecule has 0 saturated carbocycles. The molecule has 88 valence electrons. The fourth-order valence-corrected chi connectivity index (χ4v) is 1.73. The first-order valence-electron chi connectivity index (χ1n) is 5.66. The Hall–Kier alpha value is -1.74. The molecule has 0 unspecified atom stereocenters. The van der Waals surface area contributed by atoms with Crippen LogP contribution in [0.1, 0.15) is 29.8 Å². The topological polar surface area (TPSA) is 46.0 Å². The number of benzene rings is 1. The van der Waals surface area contributed by atoms with Gasteiger partial charge in [-0.05, 0) is 20.8 Å². The molecule has 1 atom stereocenters. The van der Waals surface area contributed by atoms with Crippen molar-refractivity contribution in [3.05, 3.63) is 47.3 Å². The quantitative estimate of drug-likeness (QED) is 0.859. The lowest BCUT2D eigenvalue weighted by atomic mass is 10.1. The molecule has 0 spiro atoms. The molecule has 2 aromatic rings. The molecule has 1 N–H and O–H groups in total. The molecule has 1 aromatic heterocycles. The van der Waals surface area contributed by atoms with Crippen molar-refractivity contribution >= 4 is 0 Å². The van der Waals surface area contributed by atoms with Gasteiger partial charge in [0, 0.05) is 23.0 Å². The molecular formula is C14H16N2O. The second-order valence-corrected chi connectivity index (χ2v) is 4.28. The monoisotopic (exact) mass is 228 g/mol. The second kappa shape index (κ2) is 4.63. The molecule has 0 radical (unpaired) electrons. The third-order valence-corrected chi connectivity index (χ3v) is 2.78. The van der Waals surface area contributed by atoms with Crippen molar-refractivity contribution in [2.75, 3.05) is 0 Å². The van der Waals surface area contributed by atoms with E-state index in [-0.39, 0.29) is 0 Å².